The van der Waals surface area contributed by atoms with Crippen LogP contribution in [0.1, 0.15) is 33.3 Å². The molecule has 118 valence electrons. The van der Waals surface area contributed by atoms with Crippen LogP contribution in [0.5, 0.6) is 0 Å². The van der Waals surface area contributed by atoms with Crippen LogP contribution < -0.4 is 0 Å². The molecule has 0 spiro atoms. The van der Waals surface area contributed by atoms with Gasteiger partial charge in [-0.15, -0.1) is 0 Å². The van der Waals surface area contributed by atoms with Crippen molar-refractivity contribution in [3.63, 3.8) is 0 Å². The Labute approximate surface area is 127 Å². The molecule has 2 rings (SSSR count). The molecule has 0 aliphatic carbocycles. The van der Waals surface area contributed by atoms with Crippen LogP contribution in [-0.4, -0.2) is 35.8 Å². The Morgan fingerprint density at radius 1 is 1.29 bits per heavy atom. The number of hydrogen-bond donors (Lipinski definition) is 1. The Bertz CT molecular complexity index is 445. The fourth-order valence-electron chi connectivity index (χ4n) is 2.62. The monoisotopic (exact) mass is 294 g/mol. The maximum atomic E-state index is 9.50. The van der Waals surface area contributed by atoms with E-state index in [0.717, 1.165) is 5.56 Å². The lowest BCUT2D eigenvalue weighted by atomic mass is 9.88. The lowest BCUT2D eigenvalue weighted by Gasteiger charge is -2.49. The highest BCUT2D eigenvalue weighted by Crippen LogP contribution is 2.36. The lowest BCUT2D eigenvalue weighted by molar-refractivity contribution is -0.349. The van der Waals surface area contributed by atoms with E-state index in [1.807, 2.05) is 58.0 Å². The zero-order valence-electron chi connectivity index (χ0n) is 13.3. The van der Waals surface area contributed by atoms with Crippen LogP contribution in [0.15, 0.2) is 30.3 Å². The molecule has 1 aromatic rings. The minimum absolute atomic E-state index is 0.0195. The van der Waals surface area contributed by atoms with Gasteiger partial charge in [-0.3, -0.25) is 0 Å². The van der Waals surface area contributed by atoms with Gasteiger partial charge in [-0.25, -0.2) is 0 Å². The van der Waals surface area contributed by atoms with E-state index in [4.69, 9.17) is 14.2 Å². The normalized spacial score (nSPS) is 30.0. The van der Waals surface area contributed by atoms with E-state index in [9.17, 15) is 5.11 Å². The van der Waals surface area contributed by atoms with E-state index in [0.29, 0.717) is 13.2 Å². The van der Waals surface area contributed by atoms with Gasteiger partial charge in [0, 0.05) is 12.5 Å². The van der Waals surface area contributed by atoms with Crippen LogP contribution in [0.2, 0.25) is 0 Å². The summed E-state index contributed by atoms with van der Waals surface area (Å²) in [4.78, 5) is 0. The summed E-state index contributed by atoms with van der Waals surface area (Å²) in [5.74, 6) is -0.669. The quantitative estimate of drug-likeness (QED) is 0.907. The Kier molecular flexibility index (Phi) is 5.04. The molecule has 1 aliphatic rings. The van der Waals surface area contributed by atoms with Gasteiger partial charge in [0.15, 0.2) is 5.79 Å². The Hall–Kier alpha value is -0.940. The maximum Gasteiger partial charge on any atom is 0.163 e. The van der Waals surface area contributed by atoms with Crippen molar-refractivity contribution in [1.82, 2.24) is 0 Å². The molecule has 0 saturated carbocycles. The lowest BCUT2D eigenvalue weighted by Crippen LogP contribution is -2.60. The first kappa shape index (κ1) is 16.4. The molecule has 4 heteroatoms. The second-order valence-corrected chi connectivity index (χ2v) is 6.47. The zero-order chi connectivity index (χ0) is 15.5. The standard InChI is InChI=1S/C17H26O4/c1-13(10-18)15-17(4,12-20-16(2,3)21-15)19-11-14-8-6-5-7-9-14/h5-9,13,15,18H,10-12H2,1-4H3. The third kappa shape index (κ3) is 4.04. The molecule has 1 N–H and O–H groups in total. The molecule has 1 fully saturated rings. The Morgan fingerprint density at radius 3 is 2.57 bits per heavy atom. The average Bonchev–Trinajstić information content (AvgIpc) is 2.48. The van der Waals surface area contributed by atoms with Crippen molar-refractivity contribution in [2.75, 3.05) is 13.2 Å². The van der Waals surface area contributed by atoms with E-state index >= 15 is 0 Å². The first-order valence-corrected chi connectivity index (χ1v) is 7.47. The molecular weight excluding hydrogens is 268 g/mol. The van der Waals surface area contributed by atoms with Crippen LogP contribution in [0.25, 0.3) is 0 Å². The minimum Gasteiger partial charge on any atom is -0.396 e. The summed E-state index contributed by atoms with van der Waals surface area (Å²) in [5, 5.41) is 9.50. The van der Waals surface area contributed by atoms with Crippen molar-refractivity contribution >= 4 is 0 Å². The summed E-state index contributed by atoms with van der Waals surface area (Å²) in [6.07, 6.45) is -0.213. The summed E-state index contributed by atoms with van der Waals surface area (Å²) in [7, 11) is 0. The van der Waals surface area contributed by atoms with Gasteiger partial charge in [-0.1, -0.05) is 37.3 Å². The fourth-order valence-corrected chi connectivity index (χ4v) is 2.62. The van der Waals surface area contributed by atoms with E-state index in [1.54, 1.807) is 0 Å². The van der Waals surface area contributed by atoms with Crippen LogP contribution in [0.4, 0.5) is 0 Å². The van der Waals surface area contributed by atoms with Gasteiger partial charge in [0.1, 0.15) is 5.60 Å². The van der Waals surface area contributed by atoms with Crippen LogP contribution in [-0.2, 0) is 20.8 Å². The van der Waals surface area contributed by atoms with E-state index in [2.05, 4.69) is 0 Å². The van der Waals surface area contributed by atoms with Crippen LogP contribution in [0.3, 0.4) is 0 Å². The molecule has 0 amide bonds. The van der Waals surface area contributed by atoms with Crippen molar-refractivity contribution in [1.29, 1.82) is 0 Å². The third-order valence-electron chi connectivity index (χ3n) is 3.94. The Balaban J connectivity index is 2.09. The molecule has 1 heterocycles. The largest absolute Gasteiger partial charge is 0.396 e. The van der Waals surface area contributed by atoms with Gasteiger partial charge >= 0.3 is 0 Å². The maximum absolute atomic E-state index is 9.50. The van der Waals surface area contributed by atoms with Crippen molar-refractivity contribution in [3.05, 3.63) is 35.9 Å². The number of aliphatic hydroxyl groups is 1. The van der Waals surface area contributed by atoms with Crippen molar-refractivity contribution in [2.45, 2.75) is 51.8 Å². The predicted molar refractivity (Wildman–Crippen MR) is 80.8 cm³/mol. The van der Waals surface area contributed by atoms with Gasteiger partial charge in [-0.2, -0.15) is 0 Å². The number of hydrogen-bond acceptors (Lipinski definition) is 4. The Morgan fingerprint density at radius 2 is 1.95 bits per heavy atom. The van der Waals surface area contributed by atoms with Crippen molar-refractivity contribution in [2.24, 2.45) is 5.92 Å². The zero-order valence-corrected chi connectivity index (χ0v) is 13.3. The SMILES string of the molecule is CC(CO)C1OC(C)(C)OCC1(C)OCc1ccccc1. The third-order valence-corrected chi connectivity index (χ3v) is 3.94. The topological polar surface area (TPSA) is 47.9 Å². The van der Waals surface area contributed by atoms with Crippen molar-refractivity contribution in [3.8, 4) is 0 Å². The van der Waals surface area contributed by atoms with Gasteiger partial charge in [0.05, 0.1) is 19.3 Å². The molecule has 0 radical (unpaired) electrons. The summed E-state index contributed by atoms with van der Waals surface area (Å²) in [6.45, 7) is 8.74. The summed E-state index contributed by atoms with van der Waals surface area (Å²) >= 11 is 0. The van der Waals surface area contributed by atoms with Gasteiger partial charge in [0.25, 0.3) is 0 Å². The van der Waals surface area contributed by atoms with Gasteiger partial charge < -0.3 is 19.3 Å². The fraction of sp³-hybridized carbons (Fsp3) is 0.647. The minimum atomic E-state index is -0.649. The number of benzene rings is 1. The molecule has 3 unspecified atom stereocenters. The molecule has 1 aliphatic heterocycles. The molecule has 0 aromatic heterocycles. The highest BCUT2D eigenvalue weighted by atomic mass is 16.7. The summed E-state index contributed by atoms with van der Waals surface area (Å²) in [6, 6.07) is 10.0. The molecule has 0 bridgehead atoms. The second-order valence-electron chi connectivity index (χ2n) is 6.47. The van der Waals surface area contributed by atoms with Crippen LogP contribution >= 0.6 is 0 Å². The second kappa shape index (κ2) is 6.44. The molecule has 3 atom stereocenters. The van der Waals surface area contributed by atoms with Gasteiger partial charge in [0.2, 0.25) is 0 Å². The molecule has 1 saturated heterocycles. The molecule has 4 nitrogen and oxygen atoms in total. The summed E-state index contributed by atoms with van der Waals surface area (Å²) in [5.41, 5.74) is 0.534. The predicted octanol–water partition coefficient (Wildman–Crippen LogP) is 2.74. The molecule has 1 aromatic carbocycles. The molecule has 21 heavy (non-hydrogen) atoms. The first-order chi connectivity index (χ1) is 9.86. The average molecular weight is 294 g/mol. The number of ether oxygens (including phenoxy) is 3. The number of aliphatic hydroxyl groups excluding tert-OH is 1. The highest BCUT2D eigenvalue weighted by Gasteiger charge is 2.48. The first-order valence-electron chi connectivity index (χ1n) is 7.47. The summed E-state index contributed by atoms with van der Waals surface area (Å²) < 4.78 is 17.9. The van der Waals surface area contributed by atoms with Gasteiger partial charge in [-0.05, 0) is 26.3 Å². The van der Waals surface area contributed by atoms with Crippen molar-refractivity contribution < 1.29 is 19.3 Å². The van der Waals surface area contributed by atoms with E-state index in [-0.39, 0.29) is 18.6 Å². The van der Waals surface area contributed by atoms with Crippen LogP contribution in [0, 0.1) is 5.92 Å². The van der Waals surface area contributed by atoms with E-state index in [1.165, 1.54) is 0 Å². The molecular formula is C17H26O4. The highest BCUT2D eigenvalue weighted by molar-refractivity contribution is 5.13. The number of rotatable bonds is 5. The van der Waals surface area contributed by atoms with E-state index < -0.39 is 11.4 Å². The smallest absolute Gasteiger partial charge is 0.163 e.